The molecule has 2 aliphatic rings. The molecule has 9 rings (SSSR count). The summed E-state index contributed by atoms with van der Waals surface area (Å²) in [4.78, 5) is 7.91. The molecule has 0 N–H and O–H groups in total. The van der Waals surface area contributed by atoms with Crippen LogP contribution in [0.2, 0.25) is 0 Å². The number of anilines is 3. The van der Waals surface area contributed by atoms with Crippen molar-refractivity contribution < 1.29 is 0 Å². The molecule has 46 heavy (non-hydrogen) atoms. The average molecular weight is 640 g/mol. The third kappa shape index (κ3) is 4.33. The second-order valence-corrected chi connectivity index (χ2v) is 17.5. The van der Waals surface area contributed by atoms with E-state index in [2.05, 4.69) is 181 Å². The molecule has 218 valence electrons. The van der Waals surface area contributed by atoms with Crippen molar-refractivity contribution in [3.63, 3.8) is 0 Å². The summed E-state index contributed by atoms with van der Waals surface area (Å²) in [5, 5.41) is 5.94. The Morgan fingerprint density at radius 1 is 0.326 bits per heavy atom. The third-order valence-corrected chi connectivity index (χ3v) is 17.2. The SMILES string of the molecule is c1ccc(-c2ccc(N(c3ccccc3)c3ccc4c(c3)[Si]3(c5ccccc5Sc5ccccc53)c3ccccc3S4)cc2)cc1. The molecule has 0 aliphatic carbocycles. The zero-order valence-corrected chi connectivity index (χ0v) is 27.6. The predicted molar refractivity (Wildman–Crippen MR) is 198 cm³/mol. The zero-order valence-electron chi connectivity index (χ0n) is 25.0. The van der Waals surface area contributed by atoms with Gasteiger partial charge < -0.3 is 4.90 Å². The van der Waals surface area contributed by atoms with Crippen molar-refractivity contribution in [3.05, 3.63) is 176 Å². The second-order valence-electron chi connectivity index (χ2n) is 11.7. The van der Waals surface area contributed by atoms with Crippen molar-refractivity contribution in [2.45, 2.75) is 19.6 Å². The van der Waals surface area contributed by atoms with Crippen LogP contribution in [0, 0.1) is 0 Å². The number of benzene rings is 7. The Labute approximate surface area is 279 Å². The summed E-state index contributed by atoms with van der Waals surface area (Å²) in [5.74, 6) is 0. The van der Waals surface area contributed by atoms with Crippen LogP contribution < -0.4 is 25.6 Å². The molecule has 0 unspecified atom stereocenters. The van der Waals surface area contributed by atoms with Crippen molar-refractivity contribution in [1.82, 2.24) is 0 Å². The highest BCUT2D eigenvalue weighted by Gasteiger charge is 2.51. The normalized spacial score (nSPS) is 13.7. The van der Waals surface area contributed by atoms with Crippen molar-refractivity contribution in [2.75, 3.05) is 4.90 Å². The molecule has 4 heteroatoms. The summed E-state index contributed by atoms with van der Waals surface area (Å²) in [6.07, 6.45) is 0. The lowest BCUT2D eigenvalue weighted by molar-refractivity contribution is 1.27. The van der Waals surface area contributed by atoms with Crippen LogP contribution in [-0.2, 0) is 0 Å². The Morgan fingerprint density at radius 2 is 0.739 bits per heavy atom. The standard InChI is InChI=1S/C42H29NS2Si/c1-3-13-30(14-4-1)31-23-25-33(26-24-31)43(32-15-5-2-6-16-32)34-27-28-38-42(29-34)46(41-22-12-9-19-37(41)45-38)39-20-10-7-17-35(39)44-36-18-8-11-21-40(36)46/h1-29H. The Hall–Kier alpha value is -4.74. The maximum Gasteiger partial charge on any atom is 0.184 e. The minimum atomic E-state index is -2.65. The van der Waals surface area contributed by atoms with Crippen molar-refractivity contribution in [3.8, 4) is 11.1 Å². The molecule has 1 nitrogen and oxygen atoms in total. The van der Waals surface area contributed by atoms with Gasteiger partial charge in [-0.3, -0.25) is 0 Å². The predicted octanol–water partition coefficient (Wildman–Crippen LogP) is 9.13. The van der Waals surface area contributed by atoms with Gasteiger partial charge in [-0.2, -0.15) is 0 Å². The fourth-order valence-electron chi connectivity index (χ4n) is 7.20. The molecule has 0 radical (unpaired) electrons. The van der Waals surface area contributed by atoms with Crippen molar-refractivity contribution in [2.24, 2.45) is 0 Å². The Bertz CT molecular complexity index is 2110. The summed E-state index contributed by atoms with van der Waals surface area (Å²) in [5.41, 5.74) is 5.91. The van der Waals surface area contributed by atoms with Crippen LogP contribution in [0.5, 0.6) is 0 Å². The van der Waals surface area contributed by atoms with Gasteiger partial charge in [0.25, 0.3) is 0 Å². The van der Waals surface area contributed by atoms with E-state index in [1.807, 2.05) is 23.5 Å². The zero-order chi connectivity index (χ0) is 30.5. The average Bonchev–Trinajstić information content (AvgIpc) is 3.13. The summed E-state index contributed by atoms with van der Waals surface area (Å²) in [6.45, 7) is 0. The van der Waals surface area contributed by atoms with Crippen LogP contribution in [-0.4, -0.2) is 8.07 Å². The first kappa shape index (κ1) is 27.6. The van der Waals surface area contributed by atoms with E-state index in [1.54, 1.807) is 0 Å². The minimum Gasteiger partial charge on any atom is -0.311 e. The van der Waals surface area contributed by atoms with Crippen LogP contribution >= 0.6 is 23.5 Å². The number of hydrogen-bond donors (Lipinski definition) is 0. The lowest BCUT2D eigenvalue weighted by Gasteiger charge is -2.44. The Kier molecular flexibility index (Phi) is 6.74. The van der Waals surface area contributed by atoms with Gasteiger partial charge in [0.1, 0.15) is 0 Å². The summed E-state index contributed by atoms with van der Waals surface area (Å²) in [7, 11) is -2.65. The van der Waals surface area contributed by atoms with Gasteiger partial charge >= 0.3 is 0 Å². The molecule has 2 heterocycles. The monoisotopic (exact) mass is 639 g/mol. The number of para-hydroxylation sites is 1. The molecule has 7 aromatic carbocycles. The molecule has 0 atom stereocenters. The molecule has 0 saturated carbocycles. The molecular formula is C42H29NS2Si. The molecule has 0 amide bonds. The van der Waals surface area contributed by atoms with Gasteiger partial charge in [0.15, 0.2) is 8.07 Å². The molecule has 0 aromatic heterocycles. The van der Waals surface area contributed by atoms with E-state index >= 15 is 0 Å². The fraction of sp³-hybridized carbons (Fsp3) is 0. The van der Waals surface area contributed by atoms with Crippen molar-refractivity contribution >= 4 is 69.4 Å². The van der Waals surface area contributed by atoms with Gasteiger partial charge in [-0.15, -0.1) is 0 Å². The van der Waals surface area contributed by atoms with E-state index in [0.29, 0.717) is 0 Å². The number of fused-ring (bicyclic) bond motifs is 8. The first-order chi connectivity index (χ1) is 22.8. The van der Waals surface area contributed by atoms with Crippen molar-refractivity contribution in [1.29, 1.82) is 0 Å². The maximum absolute atomic E-state index is 2.65. The van der Waals surface area contributed by atoms with Gasteiger partial charge in [-0.05, 0) is 92.5 Å². The number of nitrogens with zero attached hydrogens (tertiary/aromatic N) is 1. The number of rotatable bonds is 4. The highest BCUT2D eigenvalue weighted by atomic mass is 32.2. The fourth-order valence-corrected chi connectivity index (χ4v) is 16.4. The molecule has 0 saturated heterocycles. The van der Waals surface area contributed by atoms with Crippen LogP contribution in [0.3, 0.4) is 0 Å². The van der Waals surface area contributed by atoms with Gasteiger partial charge in [0.05, 0.1) is 0 Å². The quantitative estimate of drug-likeness (QED) is 0.177. The Balaban J connectivity index is 1.29. The van der Waals surface area contributed by atoms with E-state index in [9.17, 15) is 0 Å². The van der Waals surface area contributed by atoms with Gasteiger partial charge in [-0.1, -0.05) is 139 Å². The second kappa shape index (κ2) is 11.3. The Morgan fingerprint density at radius 3 is 1.30 bits per heavy atom. The summed E-state index contributed by atoms with van der Waals surface area (Å²) in [6, 6.07) is 65.1. The van der Waals surface area contributed by atoms with E-state index in [0.717, 1.165) is 11.4 Å². The molecule has 0 fully saturated rings. The van der Waals surface area contributed by atoms with Crippen LogP contribution in [0.25, 0.3) is 11.1 Å². The van der Waals surface area contributed by atoms with Gasteiger partial charge in [-0.25, -0.2) is 0 Å². The largest absolute Gasteiger partial charge is 0.311 e. The van der Waals surface area contributed by atoms with E-state index in [1.165, 1.54) is 57.1 Å². The summed E-state index contributed by atoms with van der Waals surface area (Å²) >= 11 is 3.84. The van der Waals surface area contributed by atoms with Crippen LogP contribution in [0.4, 0.5) is 17.1 Å². The first-order valence-electron chi connectivity index (χ1n) is 15.6. The molecule has 0 bridgehead atoms. The van der Waals surface area contributed by atoms with Crippen LogP contribution in [0.15, 0.2) is 196 Å². The maximum atomic E-state index is 2.52. The minimum absolute atomic E-state index is 1.14. The number of hydrogen-bond acceptors (Lipinski definition) is 3. The third-order valence-electron chi connectivity index (χ3n) is 9.19. The summed E-state index contributed by atoms with van der Waals surface area (Å²) < 4.78 is 0. The molecule has 1 spiro atoms. The molecule has 7 aromatic rings. The van der Waals surface area contributed by atoms with Gasteiger partial charge in [0, 0.05) is 36.6 Å². The van der Waals surface area contributed by atoms with E-state index in [4.69, 9.17) is 0 Å². The lowest BCUT2D eigenvalue weighted by atomic mass is 10.0. The van der Waals surface area contributed by atoms with Gasteiger partial charge in [0.2, 0.25) is 0 Å². The van der Waals surface area contributed by atoms with E-state index in [-0.39, 0.29) is 0 Å². The first-order valence-corrected chi connectivity index (χ1v) is 19.2. The highest BCUT2D eigenvalue weighted by Crippen LogP contribution is 2.42. The molecular weight excluding hydrogens is 611 g/mol. The lowest BCUT2D eigenvalue weighted by Crippen LogP contribution is -2.78. The van der Waals surface area contributed by atoms with Crippen LogP contribution in [0.1, 0.15) is 0 Å². The topological polar surface area (TPSA) is 3.24 Å². The molecule has 2 aliphatic heterocycles. The van der Waals surface area contributed by atoms with E-state index < -0.39 is 8.07 Å². The highest BCUT2D eigenvalue weighted by molar-refractivity contribution is 8.01. The smallest absolute Gasteiger partial charge is 0.184 e.